The third-order valence-electron chi connectivity index (χ3n) is 5.06. The van der Waals surface area contributed by atoms with Gasteiger partial charge in [-0.2, -0.15) is 0 Å². The topological polar surface area (TPSA) is 20.2 Å². The van der Waals surface area contributed by atoms with Gasteiger partial charge in [-0.05, 0) is 30.8 Å². The Bertz CT molecular complexity index is 320. The van der Waals surface area contributed by atoms with Gasteiger partial charge >= 0.3 is 0 Å². The molecule has 2 rings (SSSR count). The maximum atomic E-state index is 10.5. The minimum Gasteiger partial charge on any atom is -0.388 e. The second-order valence-corrected chi connectivity index (χ2v) is 6.08. The molecule has 1 nitrogen and oxygen atoms in total. The maximum Gasteiger partial charge on any atom is 0.0843 e. The van der Waals surface area contributed by atoms with E-state index in [0.29, 0.717) is 0 Å². The molecule has 0 radical (unpaired) electrons. The molecular formula is C15H24O. The molecule has 16 heavy (non-hydrogen) atoms. The van der Waals surface area contributed by atoms with Crippen molar-refractivity contribution >= 4 is 0 Å². The molecule has 0 heterocycles. The molecule has 2 aliphatic rings. The lowest BCUT2D eigenvalue weighted by atomic mass is 9.55. The van der Waals surface area contributed by atoms with Crippen LogP contribution in [-0.2, 0) is 0 Å². The summed E-state index contributed by atoms with van der Waals surface area (Å²) in [7, 11) is 0. The van der Waals surface area contributed by atoms with E-state index in [1.165, 1.54) is 32.1 Å². The van der Waals surface area contributed by atoms with Crippen LogP contribution in [-0.4, -0.2) is 11.2 Å². The molecule has 1 heteroatoms. The van der Waals surface area contributed by atoms with Crippen LogP contribution < -0.4 is 0 Å². The van der Waals surface area contributed by atoms with E-state index in [1.807, 2.05) is 13.0 Å². The largest absolute Gasteiger partial charge is 0.388 e. The monoisotopic (exact) mass is 220 g/mol. The molecule has 1 fully saturated rings. The first-order chi connectivity index (χ1) is 7.50. The third-order valence-corrected chi connectivity index (χ3v) is 5.06. The van der Waals surface area contributed by atoms with Gasteiger partial charge in [0.15, 0.2) is 0 Å². The SMILES string of the molecule is CC1=CC=CC(C)(C2(C)CCCCC2)C1O. The van der Waals surface area contributed by atoms with E-state index in [1.54, 1.807) is 0 Å². The van der Waals surface area contributed by atoms with Crippen LogP contribution in [0.5, 0.6) is 0 Å². The third kappa shape index (κ3) is 1.66. The first kappa shape index (κ1) is 11.9. The van der Waals surface area contributed by atoms with Gasteiger partial charge in [0, 0.05) is 5.41 Å². The van der Waals surface area contributed by atoms with E-state index >= 15 is 0 Å². The van der Waals surface area contributed by atoms with Crippen molar-refractivity contribution in [2.24, 2.45) is 10.8 Å². The Morgan fingerprint density at radius 2 is 1.81 bits per heavy atom. The average Bonchev–Trinajstić information content (AvgIpc) is 2.27. The van der Waals surface area contributed by atoms with Crippen LogP contribution in [0.2, 0.25) is 0 Å². The van der Waals surface area contributed by atoms with Crippen LogP contribution in [0, 0.1) is 10.8 Å². The second kappa shape index (κ2) is 4.03. The van der Waals surface area contributed by atoms with Gasteiger partial charge in [-0.1, -0.05) is 51.3 Å². The molecule has 0 bridgehead atoms. The standard InChI is InChI=1S/C15H24O/c1-12-8-7-11-15(3,13(12)16)14(2)9-5-4-6-10-14/h7-8,11,13,16H,4-6,9-10H2,1-3H3. The Balaban J connectivity index is 2.30. The predicted molar refractivity (Wildman–Crippen MR) is 68.2 cm³/mol. The molecule has 0 aromatic rings. The minimum atomic E-state index is -0.305. The Kier molecular flexibility index (Phi) is 3.00. The summed E-state index contributed by atoms with van der Waals surface area (Å²) in [6.45, 7) is 6.63. The molecule has 0 amide bonds. The maximum absolute atomic E-state index is 10.5. The van der Waals surface area contributed by atoms with Gasteiger partial charge in [0.1, 0.15) is 0 Å². The molecule has 1 saturated carbocycles. The van der Waals surface area contributed by atoms with Crippen molar-refractivity contribution in [1.29, 1.82) is 0 Å². The van der Waals surface area contributed by atoms with E-state index in [9.17, 15) is 5.11 Å². The molecule has 0 aliphatic heterocycles. The summed E-state index contributed by atoms with van der Waals surface area (Å²) in [5.74, 6) is 0. The van der Waals surface area contributed by atoms with E-state index in [2.05, 4.69) is 26.0 Å². The van der Waals surface area contributed by atoms with Crippen LogP contribution in [0.25, 0.3) is 0 Å². The van der Waals surface area contributed by atoms with Crippen molar-refractivity contribution < 1.29 is 5.11 Å². The van der Waals surface area contributed by atoms with Crippen molar-refractivity contribution in [2.45, 2.75) is 59.0 Å². The van der Waals surface area contributed by atoms with Crippen LogP contribution >= 0.6 is 0 Å². The molecule has 90 valence electrons. The molecule has 1 N–H and O–H groups in total. The molecule has 0 aromatic heterocycles. The molecule has 2 unspecified atom stereocenters. The summed E-state index contributed by atoms with van der Waals surface area (Å²) >= 11 is 0. The smallest absolute Gasteiger partial charge is 0.0843 e. The Hall–Kier alpha value is -0.560. The van der Waals surface area contributed by atoms with E-state index in [4.69, 9.17) is 0 Å². The number of hydrogen-bond acceptors (Lipinski definition) is 1. The summed E-state index contributed by atoms with van der Waals surface area (Å²) < 4.78 is 0. The molecule has 0 spiro atoms. The summed E-state index contributed by atoms with van der Waals surface area (Å²) in [4.78, 5) is 0. The first-order valence-corrected chi connectivity index (χ1v) is 6.54. The second-order valence-electron chi connectivity index (χ2n) is 6.08. The van der Waals surface area contributed by atoms with Crippen LogP contribution in [0.15, 0.2) is 23.8 Å². The van der Waals surface area contributed by atoms with Crippen molar-refractivity contribution in [2.75, 3.05) is 0 Å². The summed E-state index contributed by atoms with van der Waals surface area (Å²) in [5, 5.41) is 10.5. The number of aliphatic hydroxyl groups is 1. The molecular weight excluding hydrogens is 196 g/mol. The van der Waals surface area contributed by atoms with E-state index in [0.717, 1.165) is 5.57 Å². The van der Waals surface area contributed by atoms with Crippen molar-refractivity contribution in [3.05, 3.63) is 23.8 Å². The van der Waals surface area contributed by atoms with Gasteiger partial charge in [-0.15, -0.1) is 0 Å². The summed E-state index contributed by atoms with van der Waals surface area (Å²) in [5.41, 5.74) is 1.29. The highest BCUT2D eigenvalue weighted by Gasteiger charge is 2.48. The normalized spacial score (nSPS) is 38.2. The van der Waals surface area contributed by atoms with Gasteiger partial charge < -0.3 is 5.11 Å². The van der Waals surface area contributed by atoms with Crippen LogP contribution in [0.3, 0.4) is 0 Å². The highest BCUT2D eigenvalue weighted by molar-refractivity contribution is 5.29. The zero-order chi connectivity index (χ0) is 11.8. The van der Waals surface area contributed by atoms with Crippen molar-refractivity contribution in [3.63, 3.8) is 0 Å². The van der Waals surface area contributed by atoms with E-state index in [-0.39, 0.29) is 16.9 Å². The number of aliphatic hydroxyl groups excluding tert-OH is 1. The lowest BCUT2D eigenvalue weighted by Crippen LogP contribution is -2.47. The number of allylic oxidation sites excluding steroid dienone is 2. The van der Waals surface area contributed by atoms with Crippen molar-refractivity contribution in [1.82, 2.24) is 0 Å². The Morgan fingerprint density at radius 1 is 1.19 bits per heavy atom. The zero-order valence-electron chi connectivity index (χ0n) is 10.8. The fourth-order valence-corrected chi connectivity index (χ4v) is 3.46. The zero-order valence-corrected chi connectivity index (χ0v) is 10.8. The van der Waals surface area contributed by atoms with Gasteiger partial charge in [0.25, 0.3) is 0 Å². The van der Waals surface area contributed by atoms with Crippen LogP contribution in [0.1, 0.15) is 52.9 Å². The summed E-state index contributed by atoms with van der Waals surface area (Å²) in [6, 6.07) is 0. The fourth-order valence-electron chi connectivity index (χ4n) is 3.46. The molecule has 2 atom stereocenters. The fraction of sp³-hybridized carbons (Fsp3) is 0.733. The first-order valence-electron chi connectivity index (χ1n) is 6.54. The van der Waals surface area contributed by atoms with Gasteiger partial charge in [-0.3, -0.25) is 0 Å². The highest BCUT2D eigenvalue weighted by Crippen LogP contribution is 2.54. The average molecular weight is 220 g/mol. The van der Waals surface area contributed by atoms with Gasteiger partial charge in [0.05, 0.1) is 6.10 Å². The Labute approximate surface area is 99.3 Å². The summed E-state index contributed by atoms with van der Waals surface area (Å²) in [6.07, 6.45) is 12.6. The van der Waals surface area contributed by atoms with Gasteiger partial charge in [-0.25, -0.2) is 0 Å². The minimum absolute atomic E-state index is 0.0771. The van der Waals surface area contributed by atoms with Crippen molar-refractivity contribution in [3.8, 4) is 0 Å². The van der Waals surface area contributed by atoms with E-state index < -0.39 is 0 Å². The van der Waals surface area contributed by atoms with Crippen LogP contribution in [0.4, 0.5) is 0 Å². The highest BCUT2D eigenvalue weighted by atomic mass is 16.3. The number of hydrogen-bond donors (Lipinski definition) is 1. The molecule has 0 aromatic carbocycles. The molecule has 2 aliphatic carbocycles. The Morgan fingerprint density at radius 3 is 2.44 bits per heavy atom. The lowest BCUT2D eigenvalue weighted by Gasteiger charge is -2.51. The van der Waals surface area contributed by atoms with Gasteiger partial charge in [0.2, 0.25) is 0 Å². The molecule has 0 saturated heterocycles. The lowest BCUT2D eigenvalue weighted by molar-refractivity contribution is -0.0253. The quantitative estimate of drug-likeness (QED) is 0.712. The predicted octanol–water partition coefficient (Wildman–Crippen LogP) is 3.84. The number of rotatable bonds is 1.